The van der Waals surface area contributed by atoms with E-state index in [1.807, 2.05) is 0 Å². The highest BCUT2D eigenvalue weighted by Crippen LogP contribution is 2.30. The number of hydrogen-bond acceptors (Lipinski definition) is 4. The molecular weight excluding hydrogens is 303 g/mol. The molecule has 0 atom stereocenters. The first kappa shape index (κ1) is 12.8. The monoisotopic (exact) mass is 312 g/mol. The van der Waals surface area contributed by atoms with Crippen LogP contribution in [0.15, 0.2) is 12.1 Å². The molecule has 0 fully saturated rings. The Morgan fingerprint density at radius 2 is 2.05 bits per heavy atom. The molecular formula is C12H10Cl2N4S. The average molecular weight is 313 g/mol. The van der Waals surface area contributed by atoms with Gasteiger partial charge in [0.25, 0.3) is 0 Å². The van der Waals surface area contributed by atoms with Crippen molar-refractivity contribution < 1.29 is 0 Å². The van der Waals surface area contributed by atoms with E-state index in [1.54, 1.807) is 12.1 Å². The predicted octanol–water partition coefficient (Wildman–Crippen LogP) is 4.34. The second-order valence-electron chi connectivity index (χ2n) is 4.17. The first-order valence-electron chi connectivity index (χ1n) is 5.85. The van der Waals surface area contributed by atoms with E-state index in [0.717, 1.165) is 40.3 Å². The molecule has 0 aliphatic carbocycles. The van der Waals surface area contributed by atoms with Crippen molar-refractivity contribution in [1.29, 1.82) is 0 Å². The normalized spacial score (nSPS) is 11.3. The molecule has 19 heavy (non-hydrogen) atoms. The molecule has 0 aliphatic rings. The number of imidazole rings is 1. The SMILES string of the molecule is CCCc1nnsc1-c1nc2cc(Cl)c(Cl)cc2[nH]1. The number of aromatic amines is 1. The summed E-state index contributed by atoms with van der Waals surface area (Å²) < 4.78 is 4.00. The van der Waals surface area contributed by atoms with Gasteiger partial charge in [-0.3, -0.25) is 0 Å². The van der Waals surface area contributed by atoms with Crippen LogP contribution >= 0.6 is 34.7 Å². The van der Waals surface area contributed by atoms with Crippen molar-refractivity contribution in [2.75, 3.05) is 0 Å². The molecule has 0 bridgehead atoms. The molecule has 1 N–H and O–H groups in total. The van der Waals surface area contributed by atoms with E-state index in [2.05, 4.69) is 26.5 Å². The molecule has 3 rings (SSSR count). The van der Waals surface area contributed by atoms with E-state index in [1.165, 1.54) is 11.5 Å². The minimum absolute atomic E-state index is 0.503. The third-order valence-corrected chi connectivity index (χ3v) is 4.28. The van der Waals surface area contributed by atoms with Crippen LogP contribution < -0.4 is 0 Å². The lowest BCUT2D eigenvalue weighted by molar-refractivity contribution is 0.870. The highest BCUT2D eigenvalue weighted by atomic mass is 35.5. The largest absolute Gasteiger partial charge is 0.337 e. The Morgan fingerprint density at radius 1 is 1.26 bits per heavy atom. The summed E-state index contributed by atoms with van der Waals surface area (Å²) >= 11 is 13.3. The standard InChI is InChI=1S/C12H10Cl2N4S/c1-2-3-8-11(19-18-17-8)12-15-9-4-6(13)7(14)5-10(9)16-12/h4-5H,2-3H2,1H3,(H,15,16). The molecule has 4 nitrogen and oxygen atoms in total. The maximum atomic E-state index is 6.00. The van der Waals surface area contributed by atoms with Gasteiger partial charge < -0.3 is 4.98 Å². The van der Waals surface area contributed by atoms with Crippen LogP contribution in [-0.2, 0) is 6.42 Å². The molecule has 0 aliphatic heterocycles. The third kappa shape index (κ3) is 2.33. The highest BCUT2D eigenvalue weighted by molar-refractivity contribution is 7.09. The Hall–Kier alpha value is -1.17. The van der Waals surface area contributed by atoms with Crippen LogP contribution in [0, 0.1) is 0 Å². The number of halogens is 2. The lowest BCUT2D eigenvalue weighted by atomic mass is 10.2. The number of fused-ring (bicyclic) bond motifs is 1. The summed E-state index contributed by atoms with van der Waals surface area (Å²) in [5.74, 6) is 0.770. The number of aryl methyl sites for hydroxylation is 1. The Kier molecular flexibility index (Phi) is 3.43. The minimum atomic E-state index is 0.503. The van der Waals surface area contributed by atoms with Crippen LogP contribution in [0.3, 0.4) is 0 Å². The van der Waals surface area contributed by atoms with Crippen molar-refractivity contribution in [2.45, 2.75) is 19.8 Å². The van der Waals surface area contributed by atoms with Crippen molar-refractivity contribution >= 4 is 45.8 Å². The van der Waals surface area contributed by atoms with Crippen molar-refractivity contribution in [1.82, 2.24) is 19.6 Å². The van der Waals surface area contributed by atoms with Gasteiger partial charge in [0, 0.05) is 0 Å². The van der Waals surface area contributed by atoms with Gasteiger partial charge in [-0.2, -0.15) is 0 Å². The molecule has 0 unspecified atom stereocenters. The Balaban J connectivity index is 2.12. The van der Waals surface area contributed by atoms with Crippen molar-refractivity contribution in [3.63, 3.8) is 0 Å². The van der Waals surface area contributed by atoms with Crippen LogP contribution in [0.1, 0.15) is 19.0 Å². The number of nitrogens with one attached hydrogen (secondary N) is 1. The Bertz CT molecular complexity index is 695. The molecule has 0 spiro atoms. The summed E-state index contributed by atoms with van der Waals surface area (Å²) in [7, 11) is 0. The lowest BCUT2D eigenvalue weighted by Gasteiger charge is -1.94. The predicted molar refractivity (Wildman–Crippen MR) is 79.0 cm³/mol. The molecule has 2 aromatic heterocycles. The van der Waals surface area contributed by atoms with Gasteiger partial charge in [0.05, 0.1) is 26.8 Å². The first-order chi connectivity index (χ1) is 9.19. The van der Waals surface area contributed by atoms with E-state index in [-0.39, 0.29) is 0 Å². The van der Waals surface area contributed by atoms with E-state index in [0.29, 0.717) is 10.0 Å². The highest BCUT2D eigenvalue weighted by Gasteiger charge is 2.14. The van der Waals surface area contributed by atoms with Gasteiger partial charge in [0.15, 0.2) is 5.82 Å². The zero-order valence-corrected chi connectivity index (χ0v) is 12.4. The summed E-state index contributed by atoms with van der Waals surface area (Å²) in [6.45, 7) is 2.11. The molecule has 0 radical (unpaired) electrons. The number of hydrogen-bond donors (Lipinski definition) is 1. The van der Waals surface area contributed by atoms with Gasteiger partial charge in [-0.05, 0) is 30.1 Å². The topological polar surface area (TPSA) is 54.5 Å². The van der Waals surface area contributed by atoms with Crippen LogP contribution in [0.2, 0.25) is 10.0 Å². The van der Waals surface area contributed by atoms with Crippen LogP contribution in [0.25, 0.3) is 21.7 Å². The fourth-order valence-corrected chi connectivity index (χ4v) is 2.88. The third-order valence-electron chi connectivity index (χ3n) is 2.78. The fourth-order valence-electron chi connectivity index (χ4n) is 1.90. The molecule has 0 saturated carbocycles. The average Bonchev–Trinajstić information content (AvgIpc) is 2.96. The maximum absolute atomic E-state index is 6.00. The molecule has 98 valence electrons. The first-order valence-corrected chi connectivity index (χ1v) is 7.38. The second-order valence-corrected chi connectivity index (χ2v) is 5.74. The van der Waals surface area contributed by atoms with Gasteiger partial charge >= 0.3 is 0 Å². The maximum Gasteiger partial charge on any atom is 0.152 e. The number of rotatable bonds is 3. The summed E-state index contributed by atoms with van der Waals surface area (Å²) in [5, 5.41) is 5.16. The number of benzene rings is 1. The molecule has 0 saturated heterocycles. The molecule has 7 heteroatoms. The van der Waals surface area contributed by atoms with Crippen molar-refractivity contribution in [3.8, 4) is 10.7 Å². The van der Waals surface area contributed by atoms with Gasteiger partial charge in [-0.1, -0.05) is 41.0 Å². The summed E-state index contributed by atoms with van der Waals surface area (Å²) in [6, 6.07) is 3.54. The van der Waals surface area contributed by atoms with Crippen molar-refractivity contribution in [2.24, 2.45) is 0 Å². The number of aromatic nitrogens is 4. The molecule has 0 amide bonds. The van der Waals surface area contributed by atoms with Crippen LogP contribution in [-0.4, -0.2) is 19.6 Å². The number of nitrogens with zero attached hydrogens (tertiary/aromatic N) is 3. The van der Waals surface area contributed by atoms with E-state index < -0.39 is 0 Å². The minimum Gasteiger partial charge on any atom is -0.337 e. The van der Waals surface area contributed by atoms with Crippen molar-refractivity contribution in [3.05, 3.63) is 27.9 Å². The zero-order valence-electron chi connectivity index (χ0n) is 10.1. The quantitative estimate of drug-likeness (QED) is 0.782. The van der Waals surface area contributed by atoms with E-state index in [4.69, 9.17) is 23.2 Å². The Morgan fingerprint density at radius 3 is 2.84 bits per heavy atom. The zero-order chi connectivity index (χ0) is 13.4. The fraction of sp³-hybridized carbons (Fsp3) is 0.250. The molecule has 2 heterocycles. The van der Waals surface area contributed by atoms with Gasteiger partial charge in [-0.25, -0.2) is 4.98 Å². The molecule has 3 aromatic rings. The van der Waals surface area contributed by atoms with Gasteiger partial charge in [-0.15, -0.1) is 5.10 Å². The van der Waals surface area contributed by atoms with Crippen LogP contribution in [0.5, 0.6) is 0 Å². The van der Waals surface area contributed by atoms with Gasteiger partial charge in [0.2, 0.25) is 0 Å². The number of H-pyrrole nitrogens is 1. The second kappa shape index (κ2) is 5.07. The Labute approximate surface area is 123 Å². The summed E-state index contributed by atoms with van der Waals surface area (Å²) in [5.41, 5.74) is 2.63. The smallest absolute Gasteiger partial charge is 0.152 e. The van der Waals surface area contributed by atoms with Gasteiger partial charge in [0.1, 0.15) is 4.88 Å². The van der Waals surface area contributed by atoms with E-state index in [9.17, 15) is 0 Å². The molecule has 1 aromatic carbocycles. The summed E-state index contributed by atoms with van der Waals surface area (Å²) in [4.78, 5) is 8.75. The summed E-state index contributed by atoms with van der Waals surface area (Å²) in [6.07, 6.45) is 1.92. The van der Waals surface area contributed by atoms with Crippen LogP contribution in [0.4, 0.5) is 0 Å². The van der Waals surface area contributed by atoms with E-state index >= 15 is 0 Å². The lowest BCUT2D eigenvalue weighted by Crippen LogP contribution is -1.88.